The van der Waals surface area contributed by atoms with Gasteiger partial charge in [-0.3, -0.25) is 0 Å². The molecule has 5 heteroatoms. The first-order chi connectivity index (χ1) is 10.1. The van der Waals surface area contributed by atoms with E-state index >= 15 is 0 Å². The molecule has 0 amide bonds. The summed E-state index contributed by atoms with van der Waals surface area (Å²) in [4.78, 5) is 0. The second kappa shape index (κ2) is 7.43. The molecule has 0 fully saturated rings. The Kier molecular flexibility index (Phi) is 5.59. The van der Waals surface area contributed by atoms with Crippen LogP contribution >= 0.6 is 0 Å². The maximum absolute atomic E-state index is 13.8. The first kappa shape index (κ1) is 15.8. The number of hydrogen-bond acceptors (Lipinski definition) is 2. The zero-order chi connectivity index (χ0) is 15.2. The number of benzene rings is 2. The molecule has 1 unspecified atom stereocenters. The SMILES string of the molecule is CNC(CCOCC(F)F)c1ccc(F)c2ccccc12. The zero-order valence-electron chi connectivity index (χ0n) is 11.8. The van der Waals surface area contributed by atoms with Gasteiger partial charge in [0, 0.05) is 18.0 Å². The van der Waals surface area contributed by atoms with Crippen LogP contribution in [0.1, 0.15) is 18.0 Å². The predicted octanol–water partition coefficient (Wildman–Crippen LogP) is 3.91. The highest BCUT2D eigenvalue weighted by Crippen LogP contribution is 2.28. The van der Waals surface area contributed by atoms with Gasteiger partial charge in [-0.25, -0.2) is 13.2 Å². The van der Waals surface area contributed by atoms with Gasteiger partial charge in [0.25, 0.3) is 6.43 Å². The van der Waals surface area contributed by atoms with Crippen molar-refractivity contribution in [2.24, 2.45) is 0 Å². The first-order valence-electron chi connectivity index (χ1n) is 6.83. The molecule has 1 N–H and O–H groups in total. The molecule has 0 bridgehead atoms. The average Bonchev–Trinajstić information content (AvgIpc) is 2.49. The molecule has 0 heterocycles. The van der Waals surface area contributed by atoms with E-state index in [4.69, 9.17) is 4.74 Å². The number of alkyl halides is 2. The highest BCUT2D eigenvalue weighted by molar-refractivity contribution is 5.86. The summed E-state index contributed by atoms with van der Waals surface area (Å²) in [5.74, 6) is -0.266. The Morgan fingerprint density at radius 1 is 1.10 bits per heavy atom. The van der Waals surface area contributed by atoms with Crippen molar-refractivity contribution < 1.29 is 17.9 Å². The third-order valence-corrected chi connectivity index (χ3v) is 3.42. The van der Waals surface area contributed by atoms with Gasteiger partial charge in [0.2, 0.25) is 0 Å². The molecule has 0 aromatic heterocycles. The molecule has 0 aliphatic carbocycles. The van der Waals surface area contributed by atoms with E-state index in [0.717, 1.165) is 10.9 Å². The van der Waals surface area contributed by atoms with Crippen molar-refractivity contribution in [1.82, 2.24) is 5.32 Å². The van der Waals surface area contributed by atoms with Crippen molar-refractivity contribution >= 4 is 10.8 Å². The summed E-state index contributed by atoms with van der Waals surface area (Å²) in [6.45, 7) is -0.331. The fourth-order valence-corrected chi connectivity index (χ4v) is 2.42. The fourth-order valence-electron chi connectivity index (χ4n) is 2.42. The maximum atomic E-state index is 13.8. The predicted molar refractivity (Wildman–Crippen MR) is 77.1 cm³/mol. The molecule has 2 aromatic rings. The number of fused-ring (bicyclic) bond motifs is 1. The molecule has 114 valence electrons. The lowest BCUT2D eigenvalue weighted by Crippen LogP contribution is -2.19. The summed E-state index contributed by atoms with van der Waals surface area (Å²) in [7, 11) is 1.79. The summed E-state index contributed by atoms with van der Waals surface area (Å²) >= 11 is 0. The molecule has 21 heavy (non-hydrogen) atoms. The van der Waals surface area contributed by atoms with Crippen LogP contribution in [-0.2, 0) is 4.74 Å². The van der Waals surface area contributed by atoms with E-state index in [9.17, 15) is 13.2 Å². The molecule has 2 nitrogen and oxygen atoms in total. The van der Waals surface area contributed by atoms with Crippen LogP contribution in [0.2, 0.25) is 0 Å². The molecule has 2 rings (SSSR count). The summed E-state index contributed by atoms with van der Waals surface area (Å²) in [6.07, 6.45) is -1.91. The number of nitrogens with one attached hydrogen (secondary N) is 1. The zero-order valence-corrected chi connectivity index (χ0v) is 11.8. The molecular formula is C16H18F3NO. The minimum absolute atomic E-state index is 0.0758. The number of ether oxygens (including phenoxy) is 1. The molecule has 0 saturated heterocycles. The topological polar surface area (TPSA) is 21.3 Å². The highest BCUT2D eigenvalue weighted by atomic mass is 19.3. The van der Waals surface area contributed by atoms with Crippen LogP contribution in [0.3, 0.4) is 0 Å². The van der Waals surface area contributed by atoms with Crippen molar-refractivity contribution in [1.29, 1.82) is 0 Å². The molecule has 0 saturated carbocycles. The number of hydrogen-bond donors (Lipinski definition) is 1. The van der Waals surface area contributed by atoms with Gasteiger partial charge in [0.1, 0.15) is 12.4 Å². The molecule has 0 radical (unpaired) electrons. The summed E-state index contributed by atoms with van der Waals surface area (Å²) < 4.78 is 42.8. The summed E-state index contributed by atoms with van der Waals surface area (Å²) in [6, 6.07) is 10.3. The lowest BCUT2D eigenvalue weighted by Gasteiger charge is -2.19. The van der Waals surface area contributed by atoms with Crippen LogP contribution in [0.15, 0.2) is 36.4 Å². The van der Waals surface area contributed by atoms with Crippen molar-refractivity contribution in [3.8, 4) is 0 Å². The fraction of sp³-hybridized carbons (Fsp3) is 0.375. The first-order valence-corrected chi connectivity index (χ1v) is 6.83. The maximum Gasteiger partial charge on any atom is 0.261 e. The van der Waals surface area contributed by atoms with Gasteiger partial charge in [0.15, 0.2) is 0 Å². The molecule has 2 aromatic carbocycles. The smallest absolute Gasteiger partial charge is 0.261 e. The molecule has 0 aliphatic heterocycles. The van der Waals surface area contributed by atoms with Gasteiger partial charge in [-0.15, -0.1) is 0 Å². The van der Waals surface area contributed by atoms with Crippen LogP contribution in [0.5, 0.6) is 0 Å². The van der Waals surface area contributed by atoms with Gasteiger partial charge in [-0.1, -0.05) is 30.3 Å². The highest BCUT2D eigenvalue weighted by Gasteiger charge is 2.14. The van der Waals surface area contributed by atoms with E-state index in [-0.39, 0.29) is 18.5 Å². The quantitative estimate of drug-likeness (QED) is 0.782. The molecule has 0 spiro atoms. The second-order valence-electron chi connectivity index (χ2n) is 4.78. The van der Waals surface area contributed by atoms with Crippen molar-refractivity contribution in [3.63, 3.8) is 0 Å². The van der Waals surface area contributed by atoms with E-state index in [1.807, 2.05) is 12.1 Å². The third-order valence-electron chi connectivity index (χ3n) is 3.42. The van der Waals surface area contributed by atoms with Gasteiger partial charge in [-0.2, -0.15) is 0 Å². The largest absolute Gasteiger partial charge is 0.375 e. The summed E-state index contributed by atoms with van der Waals surface area (Å²) in [5, 5.41) is 4.51. The van der Waals surface area contributed by atoms with E-state index in [1.54, 1.807) is 25.2 Å². The number of rotatable bonds is 7. The van der Waals surface area contributed by atoms with Crippen molar-refractivity contribution in [2.45, 2.75) is 18.9 Å². The van der Waals surface area contributed by atoms with Crippen LogP contribution in [0, 0.1) is 5.82 Å². The lowest BCUT2D eigenvalue weighted by atomic mass is 9.96. The van der Waals surface area contributed by atoms with Crippen LogP contribution in [-0.4, -0.2) is 26.7 Å². The Morgan fingerprint density at radius 2 is 1.81 bits per heavy atom. The summed E-state index contributed by atoms with van der Waals surface area (Å²) in [5.41, 5.74) is 0.940. The Balaban J connectivity index is 2.16. The Bertz CT molecular complexity index is 589. The number of halogens is 3. The normalized spacial score (nSPS) is 13.0. The van der Waals surface area contributed by atoms with Gasteiger partial charge in [-0.05, 0) is 30.5 Å². The molecular weight excluding hydrogens is 279 g/mol. The second-order valence-corrected chi connectivity index (χ2v) is 4.78. The van der Waals surface area contributed by atoms with E-state index in [2.05, 4.69) is 5.32 Å². The van der Waals surface area contributed by atoms with E-state index in [0.29, 0.717) is 11.8 Å². The monoisotopic (exact) mass is 297 g/mol. The van der Waals surface area contributed by atoms with Crippen LogP contribution in [0.25, 0.3) is 10.8 Å². The van der Waals surface area contributed by atoms with Gasteiger partial charge < -0.3 is 10.1 Å². The Morgan fingerprint density at radius 3 is 2.48 bits per heavy atom. The Labute approximate surface area is 121 Å². The van der Waals surface area contributed by atoms with Gasteiger partial charge >= 0.3 is 0 Å². The van der Waals surface area contributed by atoms with Crippen LogP contribution < -0.4 is 5.32 Å². The minimum Gasteiger partial charge on any atom is -0.375 e. The van der Waals surface area contributed by atoms with Crippen molar-refractivity contribution in [3.05, 3.63) is 47.8 Å². The van der Waals surface area contributed by atoms with E-state index in [1.165, 1.54) is 6.07 Å². The van der Waals surface area contributed by atoms with E-state index < -0.39 is 13.0 Å². The van der Waals surface area contributed by atoms with Gasteiger partial charge in [0.05, 0.1) is 0 Å². The lowest BCUT2D eigenvalue weighted by molar-refractivity contribution is 0.0146. The van der Waals surface area contributed by atoms with Crippen LogP contribution in [0.4, 0.5) is 13.2 Å². The average molecular weight is 297 g/mol. The minimum atomic E-state index is -2.45. The van der Waals surface area contributed by atoms with Crippen molar-refractivity contribution in [2.75, 3.05) is 20.3 Å². The third kappa shape index (κ3) is 3.95. The standard InChI is InChI=1S/C16H18F3NO/c1-20-15(8-9-21-10-16(18)19)13-6-7-14(17)12-5-3-2-4-11(12)13/h2-7,15-16,20H,8-10H2,1H3. The Hall–Kier alpha value is -1.59. The molecule has 0 aliphatic rings. The molecule has 1 atom stereocenters.